The lowest BCUT2D eigenvalue weighted by Gasteiger charge is -2.36. The van der Waals surface area contributed by atoms with E-state index in [1.807, 2.05) is 0 Å². The zero-order valence-electron chi connectivity index (χ0n) is 12.6. The van der Waals surface area contributed by atoms with Gasteiger partial charge in [0.2, 0.25) is 0 Å². The first kappa shape index (κ1) is 17.4. The van der Waals surface area contributed by atoms with Crippen molar-refractivity contribution in [3.05, 3.63) is 0 Å². The molecule has 1 N–H and O–H groups in total. The summed E-state index contributed by atoms with van der Waals surface area (Å²) in [5.74, 6) is 3.96. The van der Waals surface area contributed by atoms with Gasteiger partial charge in [0.1, 0.15) is 0 Å². The van der Waals surface area contributed by atoms with Gasteiger partial charge in [0.05, 0.1) is 0 Å². The Kier molecular flexibility index (Phi) is 7.29. The van der Waals surface area contributed by atoms with Crippen molar-refractivity contribution in [1.82, 2.24) is 10.2 Å². The highest BCUT2D eigenvalue weighted by Gasteiger charge is 2.35. The molecule has 2 rings (SSSR count). The van der Waals surface area contributed by atoms with E-state index in [1.165, 1.54) is 12.2 Å². The number of hydrogen-bond donors (Lipinski definition) is 1. The predicted octanol–water partition coefficient (Wildman–Crippen LogP) is 3.05. The number of nitrogens with zero attached hydrogens (tertiary/aromatic N) is 2. The average molecular weight is 397 g/mol. The Morgan fingerprint density at radius 3 is 2.68 bits per heavy atom. The fourth-order valence-corrected chi connectivity index (χ4v) is 3.65. The fraction of sp³-hybridized carbons (Fsp3) is 0.929. The molecule has 0 bridgehead atoms. The summed E-state index contributed by atoms with van der Waals surface area (Å²) in [6.45, 7) is 12.2. The molecule has 1 heterocycles. The molecule has 2 aliphatic rings. The van der Waals surface area contributed by atoms with Gasteiger partial charge in [0, 0.05) is 36.7 Å². The van der Waals surface area contributed by atoms with Crippen LogP contribution in [0, 0.1) is 11.8 Å². The molecular weight excluding hydrogens is 369 g/mol. The molecule has 1 saturated carbocycles. The van der Waals surface area contributed by atoms with Gasteiger partial charge in [-0.2, -0.15) is 11.8 Å². The van der Waals surface area contributed by atoms with Gasteiger partial charge < -0.3 is 10.2 Å². The smallest absolute Gasteiger partial charge is 0.194 e. The molecule has 2 fully saturated rings. The van der Waals surface area contributed by atoms with E-state index in [-0.39, 0.29) is 24.0 Å². The Labute approximate surface area is 139 Å². The van der Waals surface area contributed by atoms with Crippen LogP contribution in [-0.2, 0) is 0 Å². The first-order valence-electron chi connectivity index (χ1n) is 7.29. The first-order chi connectivity index (χ1) is 8.61. The second-order valence-electron chi connectivity index (χ2n) is 5.86. The van der Waals surface area contributed by atoms with Gasteiger partial charge >= 0.3 is 0 Å². The molecular formula is C14H28IN3S. The number of halogens is 1. The summed E-state index contributed by atoms with van der Waals surface area (Å²) in [7, 11) is 0. The summed E-state index contributed by atoms with van der Waals surface area (Å²) in [4.78, 5) is 7.15. The van der Waals surface area contributed by atoms with E-state index in [1.54, 1.807) is 0 Å². The highest BCUT2D eigenvalue weighted by atomic mass is 127. The van der Waals surface area contributed by atoms with E-state index in [4.69, 9.17) is 0 Å². The maximum absolute atomic E-state index is 4.68. The van der Waals surface area contributed by atoms with Crippen LogP contribution < -0.4 is 5.32 Å². The quantitative estimate of drug-likeness (QED) is 0.451. The maximum Gasteiger partial charge on any atom is 0.194 e. The van der Waals surface area contributed by atoms with Crippen molar-refractivity contribution in [2.24, 2.45) is 16.8 Å². The first-order valence-corrected chi connectivity index (χ1v) is 8.34. The van der Waals surface area contributed by atoms with Crippen molar-refractivity contribution < 1.29 is 0 Å². The van der Waals surface area contributed by atoms with Crippen LogP contribution in [0.1, 0.15) is 34.1 Å². The van der Waals surface area contributed by atoms with Crippen LogP contribution in [0.15, 0.2) is 4.99 Å². The third kappa shape index (κ3) is 4.99. The van der Waals surface area contributed by atoms with Gasteiger partial charge in [-0.05, 0) is 25.2 Å². The molecule has 0 aromatic heterocycles. The molecule has 0 spiro atoms. The number of thioether (sulfide) groups is 1. The van der Waals surface area contributed by atoms with Crippen LogP contribution in [0.3, 0.4) is 0 Å². The second kappa shape index (κ2) is 7.96. The third-order valence-corrected chi connectivity index (χ3v) is 5.41. The lowest BCUT2D eigenvalue weighted by Crippen LogP contribution is -2.49. The lowest BCUT2D eigenvalue weighted by molar-refractivity contribution is 0.379. The molecule has 0 aromatic carbocycles. The maximum atomic E-state index is 4.68. The van der Waals surface area contributed by atoms with E-state index < -0.39 is 0 Å². The molecule has 19 heavy (non-hydrogen) atoms. The van der Waals surface area contributed by atoms with E-state index >= 15 is 0 Å². The Morgan fingerprint density at radius 1 is 1.47 bits per heavy atom. The molecule has 112 valence electrons. The van der Waals surface area contributed by atoms with Crippen LogP contribution in [-0.4, -0.2) is 47.5 Å². The van der Waals surface area contributed by atoms with Gasteiger partial charge in [0.25, 0.3) is 0 Å². The zero-order valence-corrected chi connectivity index (χ0v) is 15.7. The zero-order chi connectivity index (χ0) is 13.1. The van der Waals surface area contributed by atoms with Crippen LogP contribution in [0.5, 0.6) is 0 Å². The van der Waals surface area contributed by atoms with Gasteiger partial charge in [0.15, 0.2) is 5.96 Å². The summed E-state index contributed by atoms with van der Waals surface area (Å²) in [5, 5.41) is 4.39. The van der Waals surface area contributed by atoms with E-state index in [0.29, 0.717) is 6.04 Å². The summed E-state index contributed by atoms with van der Waals surface area (Å²) in [5.41, 5.74) is 0. The monoisotopic (exact) mass is 397 g/mol. The molecule has 1 aliphatic carbocycles. The molecule has 0 radical (unpaired) electrons. The number of rotatable bonds is 3. The third-order valence-electron chi connectivity index (χ3n) is 3.87. The minimum Gasteiger partial charge on any atom is -0.353 e. The fourth-order valence-electron chi connectivity index (χ4n) is 2.35. The van der Waals surface area contributed by atoms with Crippen LogP contribution >= 0.6 is 35.7 Å². The highest BCUT2D eigenvalue weighted by molar-refractivity contribution is 14.0. The van der Waals surface area contributed by atoms with Crippen molar-refractivity contribution in [2.45, 2.75) is 45.4 Å². The summed E-state index contributed by atoms with van der Waals surface area (Å²) >= 11 is 2.12. The Morgan fingerprint density at radius 2 is 2.16 bits per heavy atom. The molecule has 1 aliphatic heterocycles. The number of aliphatic imine (C=N–C) groups is 1. The molecule has 0 amide bonds. The molecule has 5 heteroatoms. The average Bonchev–Trinajstić information content (AvgIpc) is 3.04. The molecule has 3 atom stereocenters. The SMILES string of the molecule is CCN=C(NC1CC1C)N1CCSC(C(C)C)C1.I. The van der Waals surface area contributed by atoms with Crippen molar-refractivity contribution >= 4 is 41.7 Å². The Bertz CT molecular complexity index is 309. The number of guanidine groups is 1. The van der Waals surface area contributed by atoms with E-state index in [2.05, 4.69) is 54.7 Å². The second-order valence-corrected chi connectivity index (χ2v) is 7.21. The Balaban J connectivity index is 0.00000180. The van der Waals surface area contributed by atoms with Crippen LogP contribution in [0.2, 0.25) is 0 Å². The topological polar surface area (TPSA) is 27.6 Å². The van der Waals surface area contributed by atoms with Gasteiger partial charge in [-0.15, -0.1) is 24.0 Å². The van der Waals surface area contributed by atoms with Crippen LogP contribution in [0.25, 0.3) is 0 Å². The molecule has 3 nitrogen and oxygen atoms in total. The largest absolute Gasteiger partial charge is 0.353 e. The predicted molar refractivity (Wildman–Crippen MR) is 96.8 cm³/mol. The molecule has 3 unspecified atom stereocenters. The molecule has 0 aromatic rings. The van der Waals surface area contributed by atoms with Crippen molar-refractivity contribution in [1.29, 1.82) is 0 Å². The van der Waals surface area contributed by atoms with Crippen molar-refractivity contribution in [3.8, 4) is 0 Å². The van der Waals surface area contributed by atoms with Gasteiger partial charge in [-0.1, -0.05) is 20.8 Å². The Hall–Kier alpha value is 0.350. The number of nitrogens with one attached hydrogen (secondary N) is 1. The van der Waals surface area contributed by atoms with Gasteiger partial charge in [-0.25, -0.2) is 0 Å². The number of hydrogen-bond acceptors (Lipinski definition) is 2. The van der Waals surface area contributed by atoms with Crippen molar-refractivity contribution in [3.63, 3.8) is 0 Å². The summed E-state index contributed by atoms with van der Waals surface area (Å²) < 4.78 is 0. The van der Waals surface area contributed by atoms with Crippen molar-refractivity contribution in [2.75, 3.05) is 25.4 Å². The standard InChI is InChI=1S/C14H27N3S.HI/c1-5-15-14(16-12-8-11(12)4)17-6-7-18-13(9-17)10(2)3;/h10-13H,5-9H2,1-4H3,(H,15,16);1H. The van der Waals surface area contributed by atoms with E-state index in [0.717, 1.165) is 42.7 Å². The minimum atomic E-state index is 0. The highest BCUT2D eigenvalue weighted by Crippen LogP contribution is 2.30. The van der Waals surface area contributed by atoms with E-state index in [9.17, 15) is 0 Å². The minimum absolute atomic E-state index is 0. The van der Waals surface area contributed by atoms with Crippen LogP contribution in [0.4, 0.5) is 0 Å². The molecule has 1 saturated heterocycles. The normalized spacial score (nSPS) is 31.1. The summed E-state index contributed by atoms with van der Waals surface area (Å²) in [6.07, 6.45) is 1.30. The summed E-state index contributed by atoms with van der Waals surface area (Å²) in [6, 6.07) is 0.669. The van der Waals surface area contributed by atoms with Gasteiger partial charge in [-0.3, -0.25) is 4.99 Å². The lowest BCUT2D eigenvalue weighted by atomic mass is 10.1.